The van der Waals surface area contributed by atoms with Gasteiger partial charge in [-0.3, -0.25) is 63.0 Å². The van der Waals surface area contributed by atoms with Crippen molar-refractivity contribution in [2.24, 2.45) is 27.1 Å². The molecule has 34 nitrogen and oxygen atoms in total. The topological polar surface area (TPSA) is 444 Å². The average molecular weight is 2070 g/mol. The van der Waals surface area contributed by atoms with Crippen LogP contribution in [-0.4, -0.2) is 180 Å². The van der Waals surface area contributed by atoms with E-state index >= 15 is 0 Å². The number of urea groups is 1. The Labute approximate surface area is 866 Å². The number of thiophene rings is 1. The van der Waals surface area contributed by atoms with E-state index in [-0.39, 0.29) is 92.9 Å². The third-order valence-corrected chi connectivity index (χ3v) is 29.3. The van der Waals surface area contributed by atoms with E-state index in [1.54, 1.807) is 172 Å². The zero-order valence-corrected chi connectivity index (χ0v) is 85.1. The molecule has 149 heavy (non-hydrogen) atoms. The van der Waals surface area contributed by atoms with Gasteiger partial charge in [-0.1, -0.05) is 97.1 Å². The van der Waals surface area contributed by atoms with Crippen LogP contribution in [0.15, 0.2) is 315 Å². The number of nitrogens with zero attached hydrogens (tertiary/aromatic N) is 9. The third kappa shape index (κ3) is 27.9. The minimum absolute atomic E-state index is 0.0266. The van der Waals surface area contributed by atoms with Crippen molar-refractivity contribution in [1.29, 1.82) is 0 Å². The van der Waals surface area contributed by atoms with Crippen molar-refractivity contribution in [3.63, 3.8) is 0 Å². The number of imide groups is 1. The second-order valence-electron chi connectivity index (χ2n) is 35.7. The number of benzene rings is 7. The lowest BCUT2D eigenvalue weighted by Crippen LogP contribution is -2.44. The Hall–Kier alpha value is -16.7. The van der Waals surface area contributed by atoms with Gasteiger partial charge in [0, 0.05) is 125 Å². The zero-order valence-electron chi connectivity index (χ0n) is 82.7. The molecule has 6 aromatic heterocycles. The molecule has 6 aliphatic rings. The van der Waals surface area contributed by atoms with Crippen LogP contribution in [0.4, 0.5) is 26.4 Å². The Morgan fingerprint density at radius 1 is 0.537 bits per heavy atom. The van der Waals surface area contributed by atoms with E-state index in [1.165, 1.54) is 90.5 Å². The first kappa shape index (κ1) is 108. The summed E-state index contributed by atoms with van der Waals surface area (Å²) in [6.45, 7) is 13.4. The number of thioether (sulfide) groups is 1. The van der Waals surface area contributed by atoms with Crippen molar-refractivity contribution in [3.8, 4) is 0 Å². The second-order valence-corrected chi connectivity index (χ2v) is 39.8. The standard InChI is InChI=1S/C27H33N3O3S.C20H17N3O3.C20H22N2O3S.C18H21N3O4S.C14H7NO5.C12H9FN2O2/c1-16-14-15-34-25(16)23-21(17(2)31)22(18-10-12-19(13-11-18)28(3)4)24-26(32)29(27(33)30(23)24)20-8-6-5-7-9-20;1-14-4-2-5-16(12-14)19(24)22-17-9-7-15(8-10-17)20(25)23-21-13-18-6-3-11-26-18;1-14-5-6-16(12-15(14)2)19(23)21-18(13-17-4-3-9-25-17)20(24)22-7-10-26-11-8-22;1-14-4-6-17(7-5-14)26(23,24)21-10-8-15(9-11-21)18(22)20-19-13-16-3-2-12-25-16;16-13-9-3-1-2-4-10(9)14(17)11(13)7-8-5-6-12(20-8)15(18)19;13-10-5-3-9(4-6-10)12(16)15-14-8-11-2-1-7-17-11/h10-15,20-24H,5-9H2,1-4H3;2-13H,1H3,(H,22,24)(H,23,25);3-6,9,12-13H,7-8,10-11H2,1-2H3,(H,21,23);2-7,12-13,15H,8-11H2,1H3,(H,20,22);1-7H;1-8H,(H,15,16)/b;21-13+;18-13-;19-13+;;14-8+. The monoisotopic (exact) mass is 2070 g/mol. The van der Waals surface area contributed by atoms with Gasteiger partial charge in [-0.25, -0.2) is 33.9 Å². The third-order valence-electron chi connectivity index (χ3n) is 25.3. The number of hydrogen-bond acceptors (Lipinski definition) is 26. The average Bonchev–Trinajstić information content (AvgIpc) is 1.54. The van der Waals surface area contributed by atoms with Crippen LogP contribution in [0.1, 0.15) is 193 Å². The quantitative estimate of drug-likeness (QED) is 0.00936. The number of piperidine rings is 1. The number of rotatable bonds is 24. The number of hydrazone groups is 3. The summed E-state index contributed by atoms with van der Waals surface area (Å²) in [4.78, 5) is 157. The van der Waals surface area contributed by atoms with Crippen LogP contribution in [0.5, 0.6) is 0 Å². The molecule has 0 radical (unpaired) electrons. The van der Waals surface area contributed by atoms with Crippen LogP contribution in [-0.2, 0) is 29.2 Å². The number of halogens is 1. The van der Waals surface area contributed by atoms with Gasteiger partial charge in [-0.05, 0) is 259 Å². The molecular weight excluding hydrogens is 1960 g/mol. The van der Waals surface area contributed by atoms with Gasteiger partial charge in [-0.2, -0.15) is 31.4 Å². The molecule has 0 bridgehead atoms. The van der Waals surface area contributed by atoms with E-state index in [9.17, 15) is 75.7 Å². The lowest BCUT2D eigenvalue weighted by atomic mass is 9.78. The molecule has 9 amide bonds. The van der Waals surface area contributed by atoms with Gasteiger partial charge in [-0.15, -0.1) is 11.3 Å². The van der Waals surface area contributed by atoms with E-state index in [4.69, 9.17) is 22.1 Å². The minimum atomic E-state index is -3.51. The van der Waals surface area contributed by atoms with Crippen LogP contribution in [0, 0.1) is 62.4 Å². The largest absolute Gasteiger partial charge is 0.465 e. The molecule has 768 valence electrons. The Kier molecular flexibility index (Phi) is 36.9. The van der Waals surface area contributed by atoms with Crippen molar-refractivity contribution in [1.82, 2.24) is 40.6 Å². The van der Waals surface area contributed by atoms with Gasteiger partial charge in [0.1, 0.15) is 57.1 Å². The molecule has 5 fully saturated rings. The van der Waals surface area contributed by atoms with E-state index in [1.807, 2.05) is 131 Å². The molecular formula is C111H109FN14O20S3. The molecule has 2 aliphatic carbocycles. The lowest BCUT2D eigenvalue weighted by molar-refractivity contribution is -0.402. The predicted octanol–water partition coefficient (Wildman–Crippen LogP) is 19.0. The molecule has 4 atom stereocenters. The number of Topliss-reactive ketones (excluding diaryl/α,β-unsaturated/α-hetero) is 3. The number of amides is 9. The fourth-order valence-electron chi connectivity index (χ4n) is 17.3. The summed E-state index contributed by atoms with van der Waals surface area (Å²) in [6.07, 6.45) is 19.0. The first-order valence-electron chi connectivity index (χ1n) is 47.8. The molecule has 0 spiro atoms. The number of fused-ring (bicyclic) bond motifs is 2. The van der Waals surface area contributed by atoms with Gasteiger partial charge in [0.25, 0.3) is 35.4 Å². The number of aryl methyl sites for hydroxylation is 5. The van der Waals surface area contributed by atoms with Gasteiger partial charge in [0.2, 0.25) is 15.9 Å². The molecule has 7 aromatic carbocycles. The number of nitrogens with one attached hydrogen (secondary N) is 5. The molecule has 4 unspecified atom stereocenters. The number of ketones is 3. The highest BCUT2D eigenvalue weighted by Crippen LogP contribution is 2.56. The van der Waals surface area contributed by atoms with Crippen LogP contribution in [0.2, 0.25) is 0 Å². The highest BCUT2D eigenvalue weighted by atomic mass is 32.2. The van der Waals surface area contributed by atoms with Crippen LogP contribution in [0.3, 0.4) is 0 Å². The van der Waals surface area contributed by atoms with Gasteiger partial charge < -0.3 is 47.4 Å². The van der Waals surface area contributed by atoms with Gasteiger partial charge >= 0.3 is 11.9 Å². The predicted molar refractivity (Wildman–Crippen MR) is 563 cm³/mol. The number of sulfonamides is 1. The molecule has 13 aromatic rings. The van der Waals surface area contributed by atoms with Crippen molar-refractivity contribution in [3.05, 3.63) is 389 Å². The molecule has 19 rings (SSSR count). The van der Waals surface area contributed by atoms with Crippen molar-refractivity contribution in [2.75, 3.05) is 62.0 Å². The maximum atomic E-state index is 14.0. The van der Waals surface area contributed by atoms with Crippen LogP contribution in [0.25, 0.3) is 12.2 Å². The van der Waals surface area contributed by atoms with E-state index in [0.29, 0.717) is 101 Å². The number of furan rings is 5. The normalized spacial score (nSPS) is 16.7. The maximum Gasteiger partial charge on any atom is 0.433 e. The Balaban J connectivity index is 0.000000143. The zero-order chi connectivity index (χ0) is 106. The molecule has 4 saturated heterocycles. The maximum absolute atomic E-state index is 14.0. The Morgan fingerprint density at radius 2 is 1.09 bits per heavy atom. The summed E-state index contributed by atoms with van der Waals surface area (Å²) in [5, 5.41) is 29.5. The fraction of sp³-hybridized carbons (Fsp3) is 0.243. The van der Waals surface area contributed by atoms with Crippen molar-refractivity contribution < 1.29 is 92.6 Å². The molecule has 1 saturated carbocycles. The fourth-order valence-corrected chi connectivity index (χ4v) is 20.8. The summed E-state index contributed by atoms with van der Waals surface area (Å²) in [7, 11) is 0.460. The first-order valence-corrected chi connectivity index (χ1v) is 51.3. The highest BCUT2D eigenvalue weighted by molar-refractivity contribution is 7.99. The number of carbonyl (C=O) groups excluding carboxylic acids is 11. The van der Waals surface area contributed by atoms with E-state index in [2.05, 4.69) is 42.2 Å². The summed E-state index contributed by atoms with van der Waals surface area (Å²) < 4.78 is 64.8. The molecule has 5 N–H and O–H groups in total. The highest BCUT2D eigenvalue weighted by Gasteiger charge is 2.64. The summed E-state index contributed by atoms with van der Waals surface area (Å²) in [5.41, 5.74) is 17.8. The first-order chi connectivity index (χ1) is 71.8. The Morgan fingerprint density at radius 3 is 1.62 bits per heavy atom. The number of hydrogen-bond donors (Lipinski definition) is 5. The van der Waals surface area contributed by atoms with Crippen molar-refractivity contribution >= 4 is 146 Å². The lowest BCUT2D eigenvalue weighted by Gasteiger charge is -2.32. The summed E-state index contributed by atoms with van der Waals surface area (Å²) >= 11 is 3.41. The number of nitro groups is 1. The summed E-state index contributed by atoms with van der Waals surface area (Å²) in [5.74, 6) is -0.379. The smallest absolute Gasteiger partial charge is 0.433 e. The van der Waals surface area contributed by atoms with Gasteiger partial charge in [0.05, 0.1) is 72.2 Å². The Bertz CT molecular complexity index is 7190. The SMILES string of the molecule is CC(=O)C1C(c2ccc(N(C)C)cc2)C2C(=O)N(C3CCCCC3)C(=O)N2C1c1sccc1C.Cc1ccc(C(=O)N/C(=C\c2ccco2)C(=O)N2CCSCC2)cc1C.Cc1ccc(S(=O)(=O)N2CCC(C(=O)N/N=C/c3ccco3)CC2)cc1.Cc1cccc(C(=O)Nc2ccc(C(=O)N/N=C/c3ccco3)cc2)c1.O=C(N/N=C/c1ccco1)c1ccc(F)cc1.O=C1C(=Cc2ccc([N+](=O)[O-])o2)C(=O)c2ccccc21. The molecule has 10 heterocycles. The van der Waals surface area contributed by atoms with Gasteiger partial charge in [0.15, 0.2) is 11.6 Å². The van der Waals surface area contributed by atoms with E-state index in [0.717, 1.165) is 87.6 Å². The number of carbonyl (C=O) groups is 11. The summed E-state index contributed by atoms with van der Waals surface area (Å²) in [6, 6.07) is 63.1. The van der Waals surface area contributed by atoms with E-state index < -0.39 is 56.3 Å². The second kappa shape index (κ2) is 50.9. The molecule has 4 aliphatic heterocycles. The van der Waals surface area contributed by atoms with Crippen molar-refractivity contribution in [2.45, 2.75) is 115 Å². The minimum Gasteiger partial charge on any atom is -0.465 e. The number of allylic oxidation sites excluding steroid dienone is 1. The van der Waals surface area contributed by atoms with Crippen LogP contribution < -0.4 is 31.8 Å². The number of anilines is 2. The van der Waals surface area contributed by atoms with Crippen LogP contribution >= 0.6 is 23.1 Å². The molecule has 38 heteroatoms.